The van der Waals surface area contributed by atoms with Crippen LogP contribution in [0.25, 0.3) is 11.3 Å². The lowest BCUT2D eigenvalue weighted by atomic mass is 10.1. The van der Waals surface area contributed by atoms with Crippen molar-refractivity contribution in [3.8, 4) is 11.3 Å². The Hall–Kier alpha value is -3.06. The molecular weight excluding hydrogens is 422 g/mol. The van der Waals surface area contributed by atoms with Crippen molar-refractivity contribution < 1.29 is 14.4 Å². The number of Topliss-reactive ketones (excluding diaryl/α,β-unsaturated/α-hetero) is 2. The molecule has 0 radical (unpaired) electrons. The third-order valence-electron chi connectivity index (χ3n) is 5.33. The number of aromatic amines is 1. The van der Waals surface area contributed by atoms with Crippen LogP contribution in [0.3, 0.4) is 0 Å². The summed E-state index contributed by atoms with van der Waals surface area (Å²) in [5, 5.41) is 7.41. The van der Waals surface area contributed by atoms with Gasteiger partial charge < -0.3 is 4.90 Å². The molecule has 2 heterocycles. The average Bonchev–Trinajstić information content (AvgIpc) is 3.45. The Bertz CT molecular complexity index is 1060. The van der Waals surface area contributed by atoms with Crippen LogP contribution in [-0.2, 0) is 16.0 Å². The number of aromatic nitrogens is 2. The number of nitrogens with zero attached hydrogens (tertiary/aromatic N) is 2. The number of nitrogens with one attached hydrogen (secondary N) is 1. The van der Waals surface area contributed by atoms with Crippen molar-refractivity contribution in [2.24, 2.45) is 0 Å². The highest BCUT2D eigenvalue weighted by molar-refractivity contribution is 7.14. The second kappa shape index (κ2) is 11.5. The number of hydrogen-bond donors (Lipinski definition) is 1. The van der Waals surface area contributed by atoms with Gasteiger partial charge in [-0.25, -0.2) is 0 Å². The molecule has 1 amide bonds. The first-order chi connectivity index (χ1) is 15.4. The smallest absolute Gasteiger partial charge is 0.222 e. The van der Waals surface area contributed by atoms with Crippen molar-refractivity contribution in [1.82, 2.24) is 15.1 Å². The maximum atomic E-state index is 12.3. The van der Waals surface area contributed by atoms with E-state index in [1.165, 1.54) is 11.3 Å². The molecule has 3 rings (SSSR count). The van der Waals surface area contributed by atoms with Crippen molar-refractivity contribution in [3.63, 3.8) is 0 Å². The van der Waals surface area contributed by atoms with Crippen LogP contribution < -0.4 is 0 Å². The van der Waals surface area contributed by atoms with Gasteiger partial charge in [-0.3, -0.25) is 19.5 Å². The molecule has 0 aliphatic carbocycles. The summed E-state index contributed by atoms with van der Waals surface area (Å²) < 4.78 is 0. The van der Waals surface area contributed by atoms with Gasteiger partial charge in [-0.1, -0.05) is 30.3 Å². The predicted octanol–water partition coefficient (Wildman–Crippen LogP) is 4.85. The summed E-state index contributed by atoms with van der Waals surface area (Å²) in [5.74, 6) is -0.0958. The van der Waals surface area contributed by atoms with Crippen LogP contribution in [0.2, 0.25) is 0 Å². The molecule has 0 saturated heterocycles. The van der Waals surface area contributed by atoms with E-state index in [0.29, 0.717) is 11.4 Å². The summed E-state index contributed by atoms with van der Waals surface area (Å²) in [5.41, 5.74) is 3.01. The first kappa shape index (κ1) is 23.6. The molecule has 32 heavy (non-hydrogen) atoms. The van der Waals surface area contributed by atoms with Gasteiger partial charge in [-0.15, -0.1) is 11.3 Å². The molecular formula is C25H29N3O3S. The Kier molecular flexibility index (Phi) is 8.50. The molecule has 0 bridgehead atoms. The first-order valence-electron chi connectivity index (χ1n) is 10.9. The van der Waals surface area contributed by atoms with E-state index in [2.05, 4.69) is 10.2 Å². The summed E-state index contributed by atoms with van der Waals surface area (Å²) in [4.78, 5) is 40.0. The number of carbonyl (C=O) groups excluding carboxylic acids is 3. The van der Waals surface area contributed by atoms with Crippen LogP contribution in [0.4, 0.5) is 0 Å². The minimum atomic E-state index is -0.0480. The zero-order valence-corrected chi connectivity index (χ0v) is 19.4. The molecule has 0 atom stereocenters. The van der Waals surface area contributed by atoms with Crippen LogP contribution in [0.15, 0.2) is 48.5 Å². The molecule has 0 saturated carbocycles. The van der Waals surface area contributed by atoms with E-state index in [0.717, 1.165) is 34.7 Å². The molecule has 0 fully saturated rings. The minimum absolute atomic E-state index is 0.00544. The van der Waals surface area contributed by atoms with Crippen LogP contribution in [0.5, 0.6) is 0 Å². The van der Waals surface area contributed by atoms with Gasteiger partial charge in [-0.2, -0.15) is 5.10 Å². The van der Waals surface area contributed by atoms with Gasteiger partial charge in [0.05, 0.1) is 10.6 Å². The largest absolute Gasteiger partial charge is 0.346 e. The molecule has 1 N–H and O–H groups in total. The summed E-state index contributed by atoms with van der Waals surface area (Å²) in [6.45, 7) is 2.56. The van der Waals surface area contributed by atoms with Gasteiger partial charge in [0, 0.05) is 55.4 Å². The number of hydrogen-bond acceptors (Lipinski definition) is 5. The van der Waals surface area contributed by atoms with Crippen LogP contribution in [-0.4, -0.2) is 46.2 Å². The average molecular weight is 452 g/mol. The number of aryl methyl sites for hydroxylation is 2. The Morgan fingerprint density at radius 2 is 1.75 bits per heavy atom. The van der Waals surface area contributed by atoms with Crippen molar-refractivity contribution >= 4 is 28.8 Å². The fraction of sp³-hybridized carbons (Fsp3) is 0.360. The molecule has 0 spiro atoms. The predicted molar refractivity (Wildman–Crippen MR) is 127 cm³/mol. The second-order valence-corrected chi connectivity index (χ2v) is 9.22. The van der Waals surface area contributed by atoms with E-state index < -0.39 is 0 Å². The van der Waals surface area contributed by atoms with E-state index >= 15 is 0 Å². The SMILES string of the molecule is Cc1ccc(C(=O)CCC(=O)CCC(=O)N(C)CCCc2cc(-c3ccccc3)n[nH]2)s1. The Labute approximate surface area is 192 Å². The van der Waals surface area contributed by atoms with Gasteiger partial charge in [-0.05, 0) is 38.0 Å². The monoisotopic (exact) mass is 451 g/mol. The molecule has 1 aromatic carbocycles. The molecule has 2 aromatic heterocycles. The van der Waals surface area contributed by atoms with E-state index in [1.54, 1.807) is 18.0 Å². The van der Waals surface area contributed by atoms with Crippen LogP contribution in [0, 0.1) is 6.92 Å². The Morgan fingerprint density at radius 1 is 1.00 bits per heavy atom. The van der Waals surface area contributed by atoms with Crippen LogP contribution in [0.1, 0.15) is 52.3 Å². The van der Waals surface area contributed by atoms with Gasteiger partial charge >= 0.3 is 0 Å². The molecule has 0 unspecified atom stereocenters. The standard InChI is InChI=1S/C25H29N3O3S/c1-18-10-14-24(32-18)23(30)13-11-21(29)12-15-25(31)28(2)16-6-9-20-17-22(27-26-20)19-7-4-3-5-8-19/h3-5,7-8,10,14,17H,6,9,11-13,15-16H2,1-2H3,(H,26,27). The summed E-state index contributed by atoms with van der Waals surface area (Å²) in [6.07, 6.45) is 2.36. The zero-order valence-electron chi connectivity index (χ0n) is 18.6. The molecule has 168 valence electrons. The number of amides is 1. The number of H-pyrrole nitrogens is 1. The highest BCUT2D eigenvalue weighted by Crippen LogP contribution is 2.19. The molecule has 3 aromatic rings. The topological polar surface area (TPSA) is 83.1 Å². The van der Waals surface area contributed by atoms with Crippen molar-refractivity contribution in [2.45, 2.75) is 45.4 Å². The van der Waals surface area contributed by atoms with Gasteiger partial charge in [0.1, 0.15) is 5.78 Å². The second-order valence-electron chi connectivity index (χ2n) is 7.94. The lowest BCUT2D eigenvalue weighted by Crippen LogP contribution is -2.28. The molecule has 7 heteroatoms. The fourth-order valence-corrected chi connectivity index (χ4v) is 4.24. The molecule has 0 aliphatic rings. The summed E-state index contributed by atoms with van der Waals surface area (Å²) in [7, 11) is 1.76. The third kappa shape index (κ3) is 6.99. The van der Waals surface area contributed by atoms with Crippen molar-refractivity contribution in [2.75, 3.05) is 13.6 Å². The van der Waals surface area contributed by atoms with Gasteiger partial charge in [0.25, 0.3) is 0 Å². The van der Waals surface area contributed by atoms with Gasteiger partial charge in [0.15, 0.2) is 5.78 Å². The van der Waals surface area contributed by atoms with Crippen molar-refractivity contribution in [3.05, 3.63) is 64.0 Å². The number of rotatable bonds is 12. The van der Waals surface area contributed by atoms with Crippen LogP contribution >= 0.6 is 11.3 Å². The zero-order chi connectivity index (χ0) is 22.9. The molecule has 0 aliphatic heterocycles. The van der Waals surface area contributed by atoms with E-state index in [1.807, 2.05) is 49.4 Å². The van der Waals surface area contributed by atoms with Crippen molar-refractivity contribution in [1.29, 1.82) is 0 Å². The number of carbonyl (C=O) groups is 3. The summed E-state index contributed by atoms with van der Waals surface area (Å²) >= 11 is 1.45. The first-order valence-corrected chi connectivity index (χ1v) is 11.7. The number of thiophene rings is 1. The summed E-state index contributed by atoms with van der Waals surface area (Å²) in [6, 6.07) is 15.7. The fourth-order valence-electron chi connectivity index (χ4n) is 3.40. The minimum Gasteiger partial charge on any atom is -0.346 e. The highest BCUT2D eigenvalue weighted by atomic mass is 32.1. The maximum Gasteiger partial charge on any atom is 0.222 e. The quantitative estimate of drug-likeness (QED) is 0.399. The normalized spacial score (nSPS) is 10.8. The number of ketones is 2. The Balaban J connectivity index is 1.33. The van der Waals surface area contributed by atoms with Gasteiger partial charge in [0.2, 0.25) is 5.91 Å². The lowest BCUT2D eigenvalue weighted by molar-refractivity contribution is -0.132. The van der Waals surface area contributed by atoms with E-state index in [9.17, 15) is 14.4 Å². The maximum absolute atomic E-state index is 12.3. The lowest BCUT2D eigenvalue weighted by Gasteiger charge is -2.16. The third-order valence-corrected chi connectivity index (χ3v) is 6.37. The van der Waals surface area contributed by atoms with E-state index in [4.69, 9.17) is 0 Å². The molecule has 6 nitrogen and oxygen atoms in total. The number of benzene rings is 1. The van der Waals surface area contributed by atoms with E-state index in [-0.39, 0.29) is 43.2 Å². The highest BCUT2D eigenvalue weighted by Gasteiger charge is 2.14. The Morgan fingerprint density at radius 3 is 2.47 bits per heavy atom.